The molecule has 1 aliphatic rings. The third-order valence-corrected chi connectivity index (χ3v) is 6.37. The number of nitrogens with one attached hydrogen (secondary N) is 1. The second-order valence-electron chi connectivity index (χ2n) is 5.88. The Hall–Kier alpha value is -0.200. The van der Waals surface area contributed by atoms with Gasteiger partial charge in [-0.1, -0.05) is 0 Å². The van der Waals surface area contributed by atoms with Crippen LogP contribution in [0, 0.1) is 6.92 Å². The van der Waals surface area contributed by atoms with Gasteiger partial charge in [-0.25, -0.2) is 0 Å². The maximum absolute atomic E-state index is 3.60. The van der Waals surface area contributed by atoms with Gasteiger partial charge in [0.2, 0.25) is 0 Å². The molecular formula is C16H21BrN2S2. The van der Waals surface area contributed by atoms with Crippen molar-refractivity contribution in [1.29, 1.82) is 0 Å². The van der Waals surface area contributed by atoms with Gasteiger partial charge in [-0.15, -0.1) is 22.7 Å². The minimum absolute atomic E-state index is 0.788. The number of thiophene rings is 2. The van der Waals surface area contributed by atoms with Crippen molar-refractivity contribution in [2.45, 2.75) is 45.4 Å². The van der Waals surface area contributed by atoms with Crippen LogP contribution in [0.5, 0.6) is 0 Å². The number of halogens is 1. The highest BCUT2D eigenvalue weighted by Gasteiger charge is 2.20. The normalized spacial score (nSPS) is 15.0. The van der Waals surface area contributed by atoms with Gasteiger partial charge in [0.1, 0.15) is 0 Å². The standard InChI is InChI=1S/C16H21BrN2S2/c1-11-13(6-15(21-11)7-18-14-3-4-14)9-19(2)8-12-5-16(17)20-10-12/h5-6,10,14,18H,3-4,7-9H2,1-2H3. The highest BCUT2D eigenvalue weighted by atomic mass is 79.9. The predicted molar refractivity (Wildman–Crippen MR) is 96.1 cm³/mol. The molecule has 2 nitrogen and oxygen atoms in total. The summed E-state index contributed by atoms with van der Waals surface area (Å²) in [5.41, 5.74) is 2.86. The van der Waals surface area contributed by atoms with E-state index in [1.54, 1.807) is 11.3 Å². The smallest absolute Gasteiger partial charge is 0.0701 e. The van der Waals surface area contributed by atoms with Crippen LogP contribution < -0.4 is 5.32 Å². The first-order valence-corrected chi connectivity index (χ1v) is 9.82. The van der Waals surface area contributed by atoms with E-state index in [0.717, 1.165) is 25.7 Å². The number of nitrogens with zero attached hydrogens (tertiary/aromatic N) is 1. The average molecular weight is 385 g/mol. The van der Waals surface area contributed by atoms with E-state index in [1.807, 2.05) is 11.3 Å². The van der Waals surface area contributed by atoms with Crippen LogP contribution in [0.1, 0.15) is 33.7 Å². The predicted octanol–water partition coefficient (Wildman–Crippen LogP) is 4.76. The number of hydrogen-bond acceptors (Lipinski definition) is 4. The van der Waals surface area contributed by atoms with Crippen LogP contribution in [-0.4, -0.2) is 18.0 Å². The zero-order valence-electron chi connectivity index (χ0n) is 12.5. The number of aryl methyl sites for hydroxylation is 1. The molecule has 0 unspecified atom stereocenters. The van der Waals surface area contributed by atoms with Crippen LogP contribution in [0.25, 0.3) is 0 Å². The Kier molecular flexibility index (Phi) is 5.17. The lowest BCUT2D eigenvalue weighted by atomic mass is 10.2. The third-order valence-electron chi connectivity index (χ3n) is 3.73. The second-order valence-corrected chi connectivity index (χ2v) is 9.51. The van der Waals surface area contributed by atoms with Crippen LogP contribution in [0.4, 0.5) is 0 Å². The lowest BCUT2D eigenvalue weighted by Gasteiger charge is -2.15. The van der Waals surface area contributed by atoms with Crippen LogP contribution in [0.15, 0.2) is 21.3 Å². The summed E-state index contributed by atoms with van der Waals surface area (Å²) in [6, 6.07) is 5.39. The third kappa shape index (κ3) is 4.63. The molecule has 0 saturated heterocycles. The molecular weight excluding hydrogens is 364 g/mol. The van der Waals surface area contributed by atoms with E-state index in [9.17, 15) is 0 Å². The number of hydrogen-bond donors (Lipinski definition) is 1. The summed E-state index contributed by atoms with van der Waals surface area (Å²) in [6.45, 7) is 5.32. The fourth-order valence-electron chi connectivity index (χ4n) is 2.45. The SMILES string of the molecule is Cc1sc(CNC2CC2)cc1CN(C)Cc1csc(Br)c1. The second kappa shape index (κ2) is 6.92. The minimum atomic E-state index is 0.788. The summed E-state index contributed by atoms with van der Waals surface area (Å²) in [6.07, 6.45) is 2.71. The Morgan fingerprint density at radius 3 is 2.81 bits per heavy atom. The molecule has 0 radical (unpaired) electrons. The lowest BCUT2D eigenvalue weighted by Crippen LogP contribution is -2.17. The Morgan fingerprint density at radius 2 is 2.14 bits per heavy atom. The Labute approximate surface area is 143 Å². The van der Waals surface area contributed by atoms with Crippen LogP contribution in [-0.2, 0) is 19.6 Å². The van der Waals surface area contributed by atoms with Crippen LogP contribution in [0.2, 0.25) is 0 Å². The van der Waals surface area contributed by atoms with Gasteiger partial charge in [-0.05, 0) is 71.4 Å². The quantitative estimate of drug-likeness (QED) is 0.739. The van der Waals surface area contributed by atoms with Crippen molar-refractivity contribution >= 4 is 38.6 Å². The topological polar surface area (TPSA) is 15.3 Å². The van der Waals surface area contributed by atoms with Gasteiger partial charge >= 0.3 is 0 Å². The van der Waals surface area contributed by atoms with Gasteiger partial charge in [0.05, 0.1) is 3.79 Å². The zero-order valence-corrected chi connectivity index (χ0v) is 15.7. The van der Waals surface area contributed by atoms with Crippen molar-refractivity contribution in [3.05, 3.63) is 42.2 Å². The molecule has 3 rings (SSSR count). The van der Waals surface area contributed by atoms with Gasteiger partial charge in [-0.3, -0.25) is 4.90 Å². The molecule has 2 aromatic heterocycles. The van der Waals surface area contributed by atoms with E-state index in [4.69, 9.17) is 0 Å². The molecule has 0 bridgehead atoms. The van der Waals surface area contributed by atoms with E-state index in [1.165, 1.54) is 37.5 Å². The fraction of sp³-hybridized carbons (Fsp3) is 0.500. The van der Waals surface area contributed by atoms with Crippen molar-refractivity contribution in [3.63, 3.8) is 0 Å². The molecule has 21 heavy (non-hydrogen) atoms. The molecule has 0 amide bonds. The van der Waals surface area contributed by atoms with Crippen molar-refractivity contribution < 1.29 is 0 Å². The summed E-state index contributed by atoms with van der Waals surface area (Å²) < 4.78 is 1.21. The lowest BCUT2D eigenvalue weighted by molar-refractivity contribution is 0.319. The van der Waals surface area contributed by atoms with Gasteiger partial charge in [0, 0.05) is 35.4 Å². The molecule has 0 atom stereocenters. The first-order chi connectivity index (χ1) is 10.1. The van der Waals surface area contributed by atoms with Crippen molar-refractivity contribution in [3.8, 4) is 0 Å². The molecule has 0 aromatic carbocycles. The summed E-state index contributed by atoms with van der Waals surface area (Å²) in [4.78, 5) is 5.32. The van der Waals surface area contributed by atoms with Gasteiger partial charge in [-0.2, -0.15) is 0 Å². The van der Waals surface area contributed by atoms with E-state index >= 15 is 0 Å². The summed E-state index contributed by atoms with van der Waals surface area (Å²) in [7, 11) is 2.20. The monoisotopic (exact) mass is 384 g/mol. The number of rotatable bonds is 7. The van der Waals surface area contributed by atoms with E-state index < -0.39 is 0 Å². The molecule has 0 aliphatic heterocycles. The molecule has 5 heteroatoms. The zero-order chi connectivity index (χ0) is 14.8. The Morgan fingerprint density at radius 1 is 1.33 bits per heavy atom. The summed E-state index contributed by atoms with van der Waals surface area (Å²) in [5, 5.41) is 5.83. The molecule has 1 aliphatic carbocycles. The van der Waals surface area contributed by atoms with E-state index in [2.05, 4.69) is 57.6 Å². The van der Waals surface area contributed by atoms with E-state index in [-0.39, 0.29) is 0 Å². The van der Waals surface area contributed by atoms with E-state index in [0.29, 0.717) is 0 Å². The molecule has 2 heterocycles. The van der Waals surface area contributed by atoms with Crippen molar-refractivity contribution in [1.82, 2.24) is 10.2 Å². The fourth-order valence-corrected chi connectivity index (χ4v) is 4.66. The molecule has 114 valence electrons. The Bertz CT molecular complexity index is 601. The molecule has 1 fully saturated rings. The van der Waals surface area contributed by atoms with Crippen molar-refractivity contribution in [2.75, 3.05) is 7.05 Å². The van der Waals surface area contributed by atoms with Crippen LogP contribution >= 0.6 is 38.6 Å². The van der Waals surface area contributed by atoms with Gasteiger partial charge in [0.15, 0.2) is 0 Å². The first-order valence-electron chi connectivity index (χ1n) is 7.33. The molecule has 2 aromatic rings. The summed E-state index contributed by atoms with van der Waals surface area (Å²) in [5.74, 6) is 0. The van der Waals surface area contributed by atoms with Crippen LogP contribution in [0.3, 0.4) is 0 Å². The summed E-state index contributed by atoms with van der Waals surface area (Å²) >= 11 is 7.23. The largest absolute Gasteiger partial charge is 0.309 e. The average Bonchev–Trinajstić information content (AvgIpc) is 3.08. The molecule has 0 spiro atoms. The van der Waals surface area contributed by atoms with Crippen molar-refractivity contribution in [2.24, 2.45) is 0 Å². The first kappa shape index (κ1) is 15.7. The molecule has 1 saturated carbocycles. The Balaban J connectivity index is 1.55. The molecule has 1 N–H and O–H groups in total. The highest BCUT2D eigenvalue weighted by Crippen LogP contribution is 2.26. The minimum Gasteiger partial charge on any atom is -0.309 e. The maximum atomic E-state index is 3.60. The maximum Gasteiger partial charge on any atom is 0.0701 e. The highest BCUT2D eigenvalue weighted by molar-refractivity contribution is 9.11. The van der Waals surface area contributed by atoms with Gasteiger partial charge < -0.3 is 5.32 Å². The van der Waals surface area contributed by atoms with Gasteiger partial charge in [0.25, 0.3) is 0 Å².